The van der Waals surface area contributed by atoms with Gasteiger partial charge >= 0.3 is 5.69 Å². The summed E-state index contributed by atoms with van der Waals surface area (Å²) in [5.74, 6) is 0. The maximum Gasteiger partial charge on any atom is 0.332 e. The summed E-state index contributed by atoms with van der Waals surface area (Å²) in [6.07, 6.45) is -13.8. The lowest BCUT2D eigenvalue weighted by atomic mass is 10.2. The third-order valence-electron chi connectivity index (χ3n) is 2.56. The van der Waals surface area contributed by atoms with Crippen molar-refractivity contribution in [3.05, 3.63) is 27.2 Å². The highest BCUT2D eigenvalue weighted by atomic mass is 16.3. The molecule has 0 spiro atoms. The van der Waals surface area contributed by atoms with Gasteiger partial charge in [-0.3, -0.25) is 13.9 Å². The van der Waals surface area contributed by atoms with Crippen LogP contribution in [0.1, 0.15) is 41.0 Å². The Morgan fingerprint density at radius 3 is 2.90 bits per heavy atom. The molecule has 1 unspecified atom stereocenters. The molecule has 0 aliphatic carbocycles. The Bertz CT molecular complexity index is 1130. The number of aliphatic hydroxyl groups excluding tert-OH is 1. The summed E-state index contributed by atoms with van der Waals surface area (Å²) in [5, 5.41) is 9.84. The van der Waals surface area contributed by atoms with Gasteiger partial charge in [0.25, 0.3) is 5.56 Å². The SMILES string of the molecule is [2H]C([2H])([2H])C(O)C([2H])([2H])C([2H])([2H])C([2H])([2H])C([2H])([2H])n1c(=O)c2c(ncn2C)n(C)c1=O. The fraction of sp³-hybridized carbons (Fsp3) is 0.615. The summed E-state index contributed by atoms with van der Waals surface area (Å²) in [5.41, 5.74) is -3.23. The second kappa shape index (κ2) is 5.62. The van der Waals surface area contributed by atoms with Gasteiger partial charge in [0.1, 0.15) is 0 Å². The normalized spacial score (nSPS) is 24.6. The predicted molar refractivity (Wildman–Crippen MR) is 75.7 cm³/mol. The highest BCUT2D eigenvalue weighted by molar-refractivity contribution is 5.69. The number of hydrogen-bond donors (Lipinski definition) is 1. The Morgan fingerprint density at radius 1 is 1.45 bits per heavy atom. The maximum atomic E-state index is 12.9. The van der Waals surface area contributed by atoms with Crippen LogP contribution in [0.3, 0.4) is 0 Å². The summed E-state index contributed by atoms with van der Waals surface area (Å²) in [6, 6.07) is 0. The minimum atomic E-state index is -4.04. The molecule has 2 rings (SSSR count). The zero-order valence-electron chi connectivity index (χ0n) is 21.7. The molecule has 20 heavy (non-hydrogen) atoms. The van der Waals surface area contributed by atoms with Gasteiger partial charge in [-0.2, -0.15) is 0 Å². The molecule has 7 heteroatoms. The number of rotatable bonds is 5. The largest absolute Gasteiger partial charge is 0.393 e. The van der Waals surface area contributed by atoms with Gasteiger partial charge in [0.05, 0.1) is 15.2 Å². The van der Waals surface area contributed by atoms with E-state index in [0.29, 0.717) is 0 Å². The molecule has 1 N–H and O–H groups in total. The lowest BCUT2D eigenvalue weighted by molar-refractivity contribution is 0.180. The monoisotopic (exact) mass is 291 g/mol. The van der Waals surface area contributed by atoms with E-state index in [-0.39, 0.29) is 15.7 Å². The Labute approximate surface area is 131 Å². The number of aryl methyl sites for hydroxylation is 2. The number of aromatic nitrogens is 4. The van der Waals surface area contributed by atoms with Crippen molar-refractivity contribution in [2.45, 2.75) is 38.6 Å². The first-order valence-electron chi connectivity index (χ1n) is 11.0. The molecule has 2 heterocycles. The van der Waals surface area contributed by atoms with E-state index < -0.39 is 49.8 Å². The van der Waals surface area contributed by atoms with Crippen LogP contribution in [0.5, 0.6) is 0 Å². The van der Waals surface area contributed by atoms with Crippen molar-refractivity contribution >= 4 is 11.2 Å². The van der Waals surface area contributed by atoms with E-state index in [0.717, 1.165) is 22.5 Å². The van der Waals surface area contributed by atoms with Crippen LogP contribution in [0, 0.1) is 0 Å². The summed E-state index contributed by atoms with van der Waals surface area (Å²) in [7, 11) is 2.46. The highest BCUT2D eigenvalue weighted by Crippen LogP contribution is 2.04. The van der Waals surface area contributed by atoms with Crippen LogP contribution in [0.15, 0.2) is 15.9 Å². The van der Waals surface area contributed by atoms with Gasteiger partial charge in [0, 0.05) is 32.9 Å². The molecule has 0 aromatic carbocycles. The van der Waals surface area contributed by atoms with Crippen molar-refractivity contribution in [3.8, 4) is 0 Å². The topological polar surface area (TPSA) is 82.1 Å². The van der Waals surface area contributed by atoms with E-state index >= 15 is 0 Å². The molecule has 0 aliphatic rings. The molecule has 2 aromatic rings. The van der Waals surface area contributed by atoms with E-state index in [9.17, 15) is 14.7 Å². The number of fused-ring (bicyclic) bond motifs is 1. The minimum absolute atomic E-state index is 0.152. The number of hydrogen-bond acceptors (Lipinski definition) is 4. The maximum absolute atomic E-state index is 12.9. The average molecular weight is 291 g/mol. The Kier molecular flexibility index (Phi) is 1.64. The summed E-state index contributed by atoms with van der Waals surface area (Å²) in [6.45, 7) is -7.30. The number of aliphatic hydroxyl groups is 1. The predicted octanol–water partition coefficient (Wildman–Crippen LogP) is -0.0152. The third kappa shape index (κ3) is 2.53. The van der Waals surface area contributed by atoms with Gasteiger partial charge in [0.15, 0.2) is 11.2 Å². The number of nitrogens with zero attached hydrogens (tertiary/aromatic N) is 4. The molecular formula is C13H20N4O3. The second-order valence-electron chi connectivity index (χ2n) is 3.92. The van der Waals surface area contributed by atoms with Crippen molar-refractivity contribution in [1.82, 2.24) is 18.7 Å². The van der Waals surface area contributed by atoms with Crippen molar-refractivity contribution in [2.24, 2.45) is 14.1 Å². The Hall–Kier alpha value is -1.89. The van der Waals surface area contributed by atoms with Crippen molar-refractivity contribution in [1.29, 1.82) is 0 Å². The average Bonchev–Trinajstić information content (AvgIpc) is 2.99. The quantitative estimate of drug-likeness (QED) is 0.839. The fourth-order valence-electron chi connectivity index (χ4n) is 1.63. The van der Waals surface area contributed by atoms with Gasteiger partial charge in [0.2, 0.25) is 0 Å². The summed E-state index contributed by atoms with van der Waals surface area (Å²) >= 11 is 0. The molecule has 110 valence electrons. The van der Waals surface area contributed by atoms with Crippen LogP contribution in [-0.4, -0.2) is 29.9 Å². The summed E-state index contributed by atoms with van der Waals surface area (Å²) in [4.78, 5) is 29.4. The molecule has 1 atom stereocenters. The van der Waals surface area contributed by atoms with E-state index in [2.05, 4.69) is 4.98 Å². The molecule has 7 nitrogen and oxygen atoms in total. The number of imidazole rings is 1. The van der Waals surface area contributed by atoms with Gasteiger partial charge in [-0.15, -0.1) is 0 Å². The zero-order valence-corrected chi connectivity index (χ0v) is 10.7. The first kappa shape index (κ1) is 5.85. The lowest BCUT2D eigenvalue weighted by Crippen LogP contribution is -2.39. The van der Waals surface area contributed by atoms with Gasteiger partial charge in [-0.25, -0.2) is 9.78 Å². The standard InChI is InChI=1S/C13H20N4O3/c1-9(18)6-4-5-7-17-12(19)10-11(14-8-15(10)2)16(3)13(17)20/h8-9,18H,4-7H2,1-3H3/i1D3,4D2,5D2,6D2,7D2. The van der Waals surface area contributed by atoms with Crippen LogP contribution in [0.4, 0.5) is 0 Å². The highest BCUT2D eigenvalue weighted by Gasteiger charge is 2.14. The van der Waals surface area contributed by atoms with Gasteiger partial charge in [-0.1, -0.05) is 0 Å². The molecule has 0 bridgehead atoms. The Balaban J connectivity index is 2.84. The Morgan fingerprint density at radius 2 is 2.20 bits per heavy atom. The van der Waals surface area contributed by atoms with E-state index in [1.807, 2.05) is 0 Å². The van der Waals surface area contributed by atoms with E-state index in [1.165, 1.54) is 7.05 Å². The fourth-order valence-corrected chi connectivity index (χ4v) is 1.63. The van der Waals surface area contributed by atoms with Crippen LogP contribution in [0.25, 0.3) is 11.2 Å². The molecule has 0 fully saturated rings. The van der Waals surface area contributed by atoms with Crippen molar-refractivity contribution in [3.63, 3.8) is 0 Å². The lowest BCUT2D eigenvalue weighted by Gasteiger charge is -2.09. The van der Waals surface area contributed by atoms with E-state index in [1.54, 1.807) is 0 Å². The first-order valence-corrected chi connectivity index (χ1v) is 5.47. The van der Waals surface area contributed by atoms with Crippen molar-refractivity contribution in [2.75, 3.05) is 0 Å². The molecule has 0 amide bonds. The first-order chi connectivity index (χ1) is 13.7. The minimum Gasteiger partial charge on any atom is -0.393 e. The molecule has 0 saturated carbocycles. The van der Waals surface area contributed by atoms with E-state index in [4.69, 9.17) is 15.1 Å². The van der Waals surface area contributed by atoms with Crippen LogP contribution >= 0.6 is 0 Å². The van der Waals surface area contributed by atoms with Crippen LogP contribution < -0.4 is 11.2 Å². The molecule has 0 saturated heterocycles. The third-order valence-corrected chi connectivity index (χ3v) is 2.56. The van der Waals surface area contributed by atoms with Gasteiger partial charge in [-0.05, 0) is 26.0 Å². The smallest absolute Gasteiger partial charge is 0.332 e. The molecule has 0 radical (unpaired) electrons. The summed E-state index contributed by atoms with van der Waals surface area (Å²) < 4.78 is 86.9. The molecule has 0 aliphatic heterocycles. The zero-order chi connectivity index (χ0) is 24.5. The second-order valence-corrected chi connectivity index (χ2v) is 3.92. The van der Waals surface area contributed by atoms with Crippen molar-refractivity contribution < 1.29 is 20.2 Å². The van der Waals surface area contributed by atoms with Crippen LogP contribution in [0.2, 0.25) is 0 Å². The molecule has 2 aromatic heterocycles. The van der Waals surface area contributed by atoms with Crippen LogP contribution in [-0.2, 0) is 20.6 Å². The van der Waals surface area contributed by atoms with Gasteiger partial charge < -0.3 is 9.67 Å². The molecular weight excluding hydrogens is 260 g/mol.